The fourth-order valence-electron chi connectivity index (χ4n) is 3.60. The van der Waals surface area contributed by atoms with E-state index in [4.69, 9.17) is 16.3 Å². The molecule has 0 spiro atoms. The third-order valence-electron chi connectivity index (χ3n) is 5.37. The molecule has 9 heteroatoms. The number of nitrogens with zero attached hydrogens (tertiary/aromatic N) is 2. The summed E-state index contributed by atoms with van der Waals surface area (Å²) in [4.78, 5) is 16.8. The molecule has 0 radical (unpaired) electrons. The van der Waals surface area contributed by atoms with Crippen molar-refractivity contribution in [2.24, 2.45) is 0 Å². The van der Waals surface area contributed by atoms with E-state index >= 15 is 0 Å². The summed E-state index contributed by atoms with van der Waals surface area (Å²) in [5, 5.41) is 0.205. The molecule has 1 aliphatic rings. The van der Waals surface area contributed by atoms with Crippen LogP contribution in [0.15, 0.2) is 59.5 Å². The number of rotatable bonds is 9. The molecule has 1 fully saturated rings. The zero-order valence-electron chi connectivity index (χ0n) is 18.9. The Balaban J connectivity index is 1.51. The van der Waals surface area contributed by atoms with Crippen molar-refractivity contribution < 1.29 is 17.9 Å². The minimum absolute atomic E-state index is 0.00868. The second kappa shape index (κ2) is 11.7. The van der Waals surface area contributed by atoms with Gasteiger partial charge in [0.2, 0.25) is 15.9 Å². The molecule has 1 saturated heterocycles. The third-order valence-corrected chi connectivity index (χ3v) is 7.21. The van der Waals surface area contributed by atoms with Gasteiger partial charge in [0.05, 0.1) is 22.6 Å². The van der Waals surface area contributed by atoms with Gasteiger partial charge in [-0.05, 0) is 37.6 Å². The Morgan fingerprint density at radius 3 is 2.48 bits per heavy atom. The molecule has 0 saturated carbocycles. The van der Waals surface area contributed by atoms with Gasteiger partial charge >= 0.3 is 0 Å². The third kappa shape index (κ3) is 7.04. The average molecular weight is 492 g/mol. The number of nitrogens with one attached hydrogen (secondary N) is 1. The van der Waals surface area contributed by atoms with Crippen LogP contribution in [0.3, 0.4) is 0 Å². The molecular formula is C24H30ClN3O4S. The first kappa shape index (κ1) is 25.2. The number of benzene rings is 2. The molecule has 0 aliphatic carbocycles. The van der Waals surface area contributed by atoms with Crippen LogP contribution >= 0.6 is 11.6 Å². The van der Waals surface area contributed by atoms with E-state index in [9.17, 15) is 13.2 Å². The molecule has 0 aromatic heterocycles. The number of hydrogen-bond donors (Lipinski definition) is 1. The maximum atomic E-state index is 12.8. The van der Waals surface area contributed by atoms with Crippen LogP contribution in [0.4, 0.5) is 0 Å². The second-order valence-electron chi connectivity index (χ2n) is 7.81. The number of amides is 1. The molecule has 33 heavy (non-hydrogen) atoms. The zero-order valence-corrected chi connectivity index (χ0v) is 20.5. The van der Waals surface area contributed by atoms with E-state index in [-0.39, 0.29) is 15.8 Å². The summed E-state index contributed by atoms with van der Waals surface area (Å²) in [6.45, 7) is 7.18. The number of ether oxygens (including phenoxy) is 1. The molecule has 1 amide bonds. The first-order chi connectivity index (χ1) is 15.8. The first-order valence-electron chi connectivity index (χ1n) is 11.0. The maximum absolute atomic E-state index is 12.8. The molecule has 2 aromatic carbocycles. The van der Waals surface area contributed by atoms with Crippen LogP contribution in [-0.4, -0.2) is 69.5 Å². The SMILES string of the molecule is CCOc1ccc(S(=O)(=O)N[C@@H](C)C(=O)N2CCN(C/C=C/c3ccccc3)CC2)cc1Cl. The van der Waals surface area contributed by atoms with E-state index in [1.54, 1.807) is 11.8 Å². The first-order valence-corrected chi connectivity index (χ1v) is 12.8. The number of carbonyl (C=O) groups is 1. The average Bonchev–Trinajstić information content (AvgIpc) is 2.81. The molecule has 1 aliphatic heterocycles. The Hall–Kier alpha value is -2.39. The van der Waals surface area contributed by atoms with Gasteiger partial charge in [-0.25, -0.2) is 8.42 Å². The van der Waals surface area contributed by atoms with Gasteiger partial charge in [0.1, 0.15) is 5.75 Å². The van der Waals surface area contributed by atoms with E-state index in [1.807, 2.05) is 25.1 Å². The summed E-state index contributed by atoms with van der Waals surface area (Å²) in [6.07, 6.45) is 4.20. The van der Waals surface area contributed by atoms with E-state index in [2.05, 4.69) is 33.9 Å². The highest BCUT2D eigenvalue weighted by Gasteiger charge is 2.28. The van der Waals surface area contributed by atoms with Gasteiger partial charge in [-0.2, -0.15) is 4.72 Å². The van der Waals surface area contributed by atoms with Gasteiger partial charge < -0.3 is 9.64 Å². The van der Waals surface area contributed by atoms with E-state index in [0.717, 1.165) is 25.2 Å². The van der Waals surface area contributed by atoms with Crippen LogP contribution in [0, 0.1) is 0 Å². The number of hydrogen-bond acceptors (Lipinski definition) is 5. The molecule has 2 aromatic rings. The van der Waals surface area contributed by atoms with Crippen LogP contribution in [-0.2, 0) is 14.8 Å². The minimum Gasteiger partial charge on any atom is -0.492 e. The Bertz CT molecular complexity index is 1070. The van der Waals surface area contributed by atoms with Crippen LogP contribution in [0.1, 0.15) is 19.4 Å². The van der Waals surface area contributed by atoms with E-state index in [1.165, 1.54) is 18.2 Å². The molecule has 7 nitrogen and oxygen atoms in total. The Morgan fingerprint density at radius 2 is 1.85 bits per heavy atom. The molecule has 1 heterocycles. The summed E-state index contributed by atoms with van der Waals surface area (Å²) in [5.41, 5.74) is 1.15. The van der Waals surface area contributed by atoms with Crippen molar-refractivity contribution in [3.8, 4) is 5.75 Å². The lowest BCUT2D eigenvalue weighted by Gasteiger charge is -2.35. The molecular weight excluding hydrogens is 462 g/mol. The summed E-state index contributed by atoms with van der Waals surface area (Å²) in [7, 11) is -3.90. The van der Waals surface area contributed by atoms with Gasteiger partial charge in [-0.1, -0.05) is 54.1 Å². The second-order valence-corrected chi connectivity index (χ2v) is 9.93. The van der Waals surface area contributed by atoms with Crippen molar-refractivity contribution >= 4 is 33.6 Å². The predicted octanol–water partition coefficient (Wildman–Crippen LogP) is 3.26. The molecule has 0 bridgehead atoms. The lowest BCUT2D eigenvalue weighted by Crippen LogP contribution is -2.54. The van der Waals surface area contributed by atoms with Crippen LogP contribution < -0.4 is 9.46 Å². The molecule has 1 N–H and O–H groups in total. The highest BCUT2D eigenvalue weighted by molar-refractivity contribution is 7.89. The van der Waals surface area contributed by atoms with E-state index in [0.29, 0.717) is 25.4 Å². The summed E-state index contributed by atoms with van der Waals surface area (Å²) in [6, 6.07) is 13.5. The number of carbonyl (C=O) groups excluding carboxylic acids is 1. The quantitative estimate of drug-likeness (QED) is 0.582. The predicted molar refractivity (Wildman–Crippen MR) is 131 cm³/mol. The molecule has 0 unspecified atom stereocenters. The van der Waals surface area contributed by atoms with E-state index < -0.39 is 16.1 Å². The standard InChI is InChI=1S/C24H30ClN3O4S/c1-3-32-23-12-11-21(18-22(23)25)33(30,31)26-19(2)24(29)28-16-14-27(15-17-28)13-7-10-20-8-5-4-6-9-20/h4-12,18-19,26H,3,13-17H2,1-2H3/b10-7+/t19-/m0/s1. The van der Waals surface area contributed by atoms with Crippen molar-refractivity contribution in [3.05, 3.63) is 65.2 Å². The lowest BCUT2D eigenvalue weighted by molar-refractivity contribution is -0.134. The smallest absolute Gasteiger partial charge is 0.241 e. The number of sulfonamides is 1. The molecule has 3 rings (SSSR count). The normalized spacial score (nSPS) is 16.2. The van der Waals surface area contributed by atoms with Gasteiger partial charge in [-0.15, -0.1) is 0 Å². The zero-order chi connectivity index (χ0) is 23.8. The largest absolute Gasteiger partial charge is 0.492 e. The Labute approximate surface area is 201 Å². The summed E-state index contributed by atoms with van der Waals surface area (Å²) in [5.74, 6) is 0.175. The van der Waals surface area contributed by atoms with Crippen molar-refractivity contribution in [1.82, 2.24) is 14.5 Å². The minimum atomic E-state index is -3.90. The lowest BCUT2D eigenvalue weighted by atomic mass is 10.2. The van der Waals surface area contributed by atoms with Crippen LogP contribution in [0.5, 0.6) is 5.75 Å². The highest BCUT2D eigenvalue weighted by atomic mass is 35.5. The topological polar surface area (TPSA) is 78.9 Å². The maximum Gasteiger partial charge on any atom is 0.241 e. The van der Waals surface area contributed by atoms with Crippen LogP contribution in [0.2, 0.25) is 5.02 Å². The Kier molecular flexibility index (Phi) is 8.91. The monoisotopic (exact) mass is 491 g/mol. The molecule has 178 valence electrons. The van der Waals surface area contributed by atoms with Crippen LogP contribution in [0.25, 0.3) is 6.08 Å². The number of halogens is 1. The fraction of sp³-hybridized carbons (Fsp3) is 0.375. The highest BCUT2D eigenvalue weighted by Crippen LogP contribution is 2.27. The van der Waals surface area contributed by atoms with Crippen molar-refractivity contribution in [1.29, 1.82) is 0 Å². The summed E-state index contributed by atoms with van der Waals surface area (Å²) >= 11 is 6.12. The van der Waals surface area contributed by atoms with Gasteiger partial charge in [-0.3, -0.25) is 9.69 Å². The fourth-order valence-corrected chi connectivity index (χ4v) is 5.12. The summed E-state index contributed by atoms with van der Waals surface area (Å²) < 4.78 is 33.3. The van der Waals surface area contributed by atoms with Gasteiger partial charge in [0.25, 0.3) is 0 Å². The van der Waals surface area contributed by atoms with Gasteiger partial charge in [0.15, 0.2) is 0 Å². The van der Waals surface area contributed by atoms with Crippen molar-refractivity contribution in [2.45, 2.75) is 24.8 Å². The number of piperazine rings is 1. The Morgan fingerprint density at radius 1 is 1.15 bits per heavy atom. The molecule has 1 atom stereocenters. The van der Waals surface area contributed by atoms with Crippen molar-refractivity contribution in [3.63, 3.8) is 0 Å². The van der Waals surface area contributed by atoms with Gasteiger partial charge in [0, 0.05) is 32.7 Å². The van der Waals surface area contributed by atoms with Crippen molar-refractivity contribution in [2.75, 3.05) is 39.3 Å².